The van der Waals surface area contributed by atoms with Gasteiger partial charge in [-0.2, -0.15) is 10.2 Å². The maximum absolute atomic E-state index is 11.3. The largest absolute Gasteiger partial charge is 0.492 e. The number of carbonyl (C=O) groups is 1. The molecule has 2 N–H and O–H groups in total. The van der Waals surface area contributed by atoms with E-state index in [-0.39, 0.29) is 0 Å². The van der Waals surface area contributed by atoms with Gasteiger partial charge >= 0.3 is 5.97 Å². The minimum atomic E-state index is -1.04. The van der Waals surface area contributed by atoms with Crippen molar-refractivity contribution in [1.29, 1.82) is 0 Å². The van der Waals surface area contributed by atoms with Crippen LogP contribution in [-0.2, 0) is 16.8 Å². The number of aromatic nitrogens is 5. The van der Waals surface area contributed by atoms with E-state index < -0.39 is 11.5 Å². The number of rotatable bonds is 9. The Labute approximate surface area is 157 Å². The molecule has 0 atom stereocenters. The van der Waals surface area contributed by atoms with Gasteiger partial charge in [-0.1, -0.05) is 0 Å². The van der Waals surface area contributed by atoms with Gasteiger partial charge < -0.3 is 9.84 Å². The summed E-state index contributed by atoms with van der Waals surface area (Å²) in [4.78, 5) is 15.6. The van der Waals surface area contributed by atoms with Gasteiger partial charge in [0, 0.05) is 12.4 Å². The number of aliphatic carboxylic acids is 1. The van der Waals surface area contributed by atoms with Gasteiger partial charge in [-0.25, -0.2) is 4.79 Å². The average Bonchev–Trinajstić information content (AvgIpc) is 3.34. The SMILES string of the molecule is CC(C)(C(=O)O)n1cc(CCCCOc2ccc(-c3ccn[nH]3)nc2)cn1. The lowest BCUT2D eigenvalue weighted by molar-refractivity contribution is -0.146. The second-order valence-electron chi connectivity index (χ2n) is 6.81. The third-order valence-corrected chi connectivity index (χ3v) is 4.37. The van der Waals surface area contributed by atoms with Crippen LogP contribution in [0.1, 0.15) is 32.3 Å². The molecule has 3 aromatic heterocycles. The standard InChI is InChI=1S/C19H23N5O3/c1-19(2,18(25)26)24-13-14(11-22-24)5-3-4-10-27-15-6-7-16(20-12-15)17-8-9-21-23-17/h6-9,11-13H,3-5,10H2,1-2H3,(H,21,23)(H,25,26). The van der Waals surface area contributed by atoms with Crippen LogP contribution in [0.15, 0.2) is 43.0 Å². The fraction of sp³-hybridized carbons (Fsp3) is 0.368. The van der Waals surface area contributed by atoms with Crippen LogP contribution in [0.25, 0.3) is 11.4 Å². The van der Waals surface area contributed by atoms with Crippen LogP contribution in [0.4, 0.5) is 0 Å². The predicted octanol–water partition coefficient (Wildman–Crippen LogP) is 2.89. The Morgan fingerprint density at radius 1 is 1.26 bits per heavy atom. The average molecular weight is 369 g/mol. The number of H-pyrrole nitrogens is 1. The van der Waals surface area contributed by atoms with Gasteiger partial charge in [0.15, 0.2) is 5.54 Å². The molecule has 0 bridgehead atoms. The van der Waals surface area contributed by atoms with E-state index in [1.54, 1.807) is 38.6 Å². The van der Waals surface area contributed by atoms with E-state index in [1.165, 1.54) is 4.68 Å². The predicted molar refractivity (Wildman–Crippen MR) is 99.4 cm³/mol. The number of carboxylic acids is 1. The molecule has 142 valence electrons. The van der Waals surface area contributed by atoms with E-state index in [2.05, 4.69) is 20.3 Å². The number of carboxylic acid groups (broad SMARTS) is 1. The molecule has 0 aliphatic heterocycles. The number of hydrogen-bond donors (Lipinski definition) is 2. The van der Waals surface area contributed by atoms with E-state index in [1.807, 2.05) is 18.2 Å². The molecule has 0 aromatic carbocycles. The monoisotopic (exact) mass is 369 g/mol. The lowest BCUT2D eigenvalue weighted by atomic mass is 10.1. The van der Waals surface area contributed by atoms with Gasteiger partial charge in [-0.3, -0.25) is 14.8 Å². The summed E-state index contributed by atoms with van der Waals surface area (Å²) in [7, 11) is 0. The van der Waals surface area contributed by atoms with Crippen molar-refractivity contribution in [1.82, 2.24) is 25.0 Å². The molecular weight excluding hydrogens is 346 g/mol. The Kier molecular flexibility index (Phi) is 5.54. The second kappa shape index (κ2) is 8.03. The molecule has 3 aromatic rings. The van der Waals surface area contributed by atoms with E-state index in [0.717, 1.165) is 42.0 Å². The van der Waals surface area contributed by atoms with Crippen molar-refractivity contribution in [3.05, 3.63) is 48.5 Å². The Balaban J connectivity index is 1.41. The quantitative estimate of drug-likeness (QED) is 0.562. The molecule has 0 saturated carbocycles. The first-order chi connectivity index (χ1) is 13.0. The number of aromatic amines is 1. The first kappa shape index (κ1) is 18.6. The third kappa shape index (κ3) is 4.52. The Bertz CT molecular complexity index is 869. The van der Waals surface area contributed by atoms with E-state index in [0.29, 0.717) is 6.61 Å². The third-order valence-electron chi connectivity index (χ3n) is 4.37. The summed E-state index contributed by atoms with van der Waals surface area (Å²) >= 11 is 0. The highest BCUT2D eigenvalue weighted by molar-refractivity contribution is 5.75. The minimum Gasteiger partial charge on any atom is -0.492 e. The number of pyridine rings is 1. The first-order valence-corrected chi connectivity index (χ1v) is 8.83. The molecule has 0 saturated heterocycles. The maximum Gasteiger partial charge on any atom is 0.331 e. The molecule has 0 aliphatic carbocycles. The lowest BCUT2D eigenvalue weighted by Gasteiger charge is -2.19. The van der Waals surface area contributed by atoms with Crippen LogP contribution in [0.2, 0.25) is 0 Å². The van der Waals surface area contributed by atoms with Gasteiger partial charge in [0.25, 0.3) is 0 Å². The summed E-state index contributed by atoms with van der Waals surface area (Å²) < 4.78 is 7.21. The number of aryl methyl sites for hydroxylation is 1. The molecule has 0 fully saturated rings. The van der Waals surface area contributed by atoms with Crippen molar-refractivity contribution < 1.29 is 14.6 Å². The molecule has 0 amide bonds. The summed E-state index contributed by atoms with van der Waals surface area (Å²) in [5.74, 6) is -0.174. The van der Waals surface area contributed by atoms with Crippen LogP contribution < -0.4 is 4.74 Å². The number of ether oxygens (including phenoxy) is 1. The molecule has 0 spiro atoms. The summed E-state index contributed by atoms with van der Waals surface area (Å²) in [5.41, 5.74) is 1.67. The highest BCUT2D eigenvalue weighted by atomic mass is 16.5. The first-order valence-electron chi connectivity index (χ1n) is 8.83. The van der Waals surface area contributed by atoms with E-state index in [4.69, 9.17) is 4.74 Å². The second-order valence-corrected chi connectivity index (χ2v) is 6.81. The Hall–Kier alpha value is -3.16. The van der Waals surface area contributed by atoms with Crippen LogP contribution in [0.5, 0.6) is 5.75 Å². The molecule has 3 rings (SSSR count). The number of nitrogens with one attached hydrogen (secondary N) is 1. The number of nitrogens with zero attached hydrogens (tertiary/aromatic N) is 4. The zero-order valence-corrected chi connectivity index (χ0v) is 15.4. The molecular formula is C19H23N5O3. The molecule has 0 aliphatic rings. The molecule has 0 radical (unpaired) electrons. The van der Waals surface area contributed by atoms with Gasteiger partial charge in [0.2, 0.25) is 0 Å². The van der Waals surface area contributed by atoms with Gasteiger partial charge in [-0.15, -0.1) is 0 Å². The van der Waals surface area contributed by atoms with Crippen LogP contribution in [0.3, 0.4) is 0 Å². The fourth-order valence-electron chi connectivity index (χ4n) is 2.54. The van der Waals surface area contributed by atoms with Crippen LogP contribution in [0, 0.1) is 0 Å². The summed E-state index contributed by atoms with van der Waals surface area (Å²) in [6.45, 7) is 3.86. The smallest absolute Gasteiger partial charge is 0.331 e. The van der Waals surface area contributed by atoms with Crippen molar-refractivity contribution in [3.63, 3.8) is 0 Å². The van der Waals surface area contributed by atoms with Crippen molar-refractivity contribution in [2.45, 2.75) is 38.6 Å². The zero-order chi connectivity index (χ0) is 19.3. The van der Waals surface area contributed by atoms with Crippen molar-refractivity contribution in [3.8, 4) is 17.1 Å². The summed E-state index contributed by atoms with van der Waals surface area (Å²) in [5, 5.41) is 20.2. The zero-order valence-electron chi connectivity index (χ0n) is 15.4. The summed E-state index contributed by atoms with van der Waals surface area (Å²) in [6, 6.07) is 5.64. The molecule has 8 nitrogen and oxygen atoms in total. The van der Waals surface area contributed by atoms with E-state index in [9.17, 15) is 9.90 Å². The fourth-order valence-corrected chi connectivity index (χ4v) is 2.54. The van der Waals surface area contributed by atoms with Crippen LogP contribution in [-0.4, -0.2) is 42.6 Å². The Morgan fingerprint density at radius 2 is 2.11 bits per heavy atom. The normalized spacial score (nSPS) is 11.5. The molecule has 0 unspecified atom stereocenters. The molecule has 27 heavy (non-hydrogen) atoms. The van der Waals surface area contributed by atoms with Crippen molar-refractivity contribution in [2.75, 3.05) is 6.61 Å². The van der Waals surface area contributed by atoms with Crippen LogP contribution >= 0.6 is 0 Å². The lowest BCUT2D eigenvalue weighted by Crippen LogP contribution is -2.35. The van der Waals surface area contributed by atoms with Crippen molar-refractivity contribution in [2.24, 2.45) is 0 Å². The Morgan fingerprint density at radius 3 is 2.78 bits per heavy atom. The maximum atomic E-state index is 11.3. The highest BCUT2D eigenvalue weighted by Crippen LogP contribution is 2.18. The van der Waals surface area contributed by atoms with Crippen molar-refractivity contribution >= 4 is 5.97 Å². The topological polar surface area (TPSA) is 106 Å². The molecule has 3 heterocycles. The summed E-state index contributed by atoms with van der Waals surface area (Å²) in [6.07, 6.45) is 9.56. The molecule has 8 heteroatoms. The number of unbranched alkanes of at least 4 members (excludes halogenated alkanes) is 1. The van der Waals surface area contributed by atoms with Gasteiger partial charge in [0.05, 0.1) is 30.4 Å². The number of hydrogen-bond acceptors (Lipinski definition) is 5. The van der Waals surface area contributed by atoms with E-state index >= 15 is 0 Å². The van der Waals surface area contributed by atoms with Gasteiger partial charge in [0.1, 0.15) is 5.75 Å². The minimum absolute atomic E-state index is 0.597. The highest BCUT2D eigenvalue weighted by Gasteiger charge is 2.30. The van der Waals surface area contributed by atoms with Gasteiger partial charge in [-0.05, 0) is 56.9 Å².